The van der Waals surface area contributed by atoms with E-state index in [1.54, 1.807) is 0 Å². The Balaban J connectivity index is 2.58. The highest BCUT2D eigenvalue weighted by Gasteiger charge is 2.30. The monoisotopic (exact) mass is 256 g/mol. The minimum atomic E-state index is -0.526. The Labute approximate surface area is 109 Å². The van der Waals surface area contributed by atoms with Crippen LogP contribution < -0.4 is 10.6 Å². The van der Waals surface area contributed by atoms with Gasteiger partial charge in [0, 0.05) is 5.92 Å². The maximum Gasteiger partial charge on any atom is 0.328 e. The van der Waals surface area contributed by atoms with Gasteiger partial charge in [0.25, 0.3) is 0 Å². The van der Waals surface area contributed by atoms with Crippen LogP contribution in [0.2, 0.25) is 0 Å². The van der Waals surface area contributed by atoms with E-state index < -0.39 is 6.04 Å². The summed E-state index contributed by atoms with van der Waals surface area (Å²) in [6, 6.07) is -0.526. The van der Waals surface area contributed by atoms with E-state index in [9.17, 15) is 9.59 Å². The predicted molar refractivity (Wildman–Crippen MR) is 69.0 cm³/mol. The Morgan fingerprint density at radius 2 is 2.00 bits per heavy atom. The molecule has 1 rings (SSSR count). The number of ether oxygens (including phenoxy) is 1. The van der Waals surface area contributed by atoms with Crippen molar-refractivity contribution >= 4 is 11.9 Å². The van der Waals surface area contributed by atoms with Crippen LogP contribution >= 0.6 is 0 Å². The summed E-state index contributed by atoms with van der Waals surface area (Å²) in [5, 5.41) is 6.07. The minimum absolute atomic E-state index is 0.0162. The maximum absolute atomic E-state index is 12.1. The lowest BCUT2D eigenvalue weighted by Gasteiger charge is -2.26. The molecule has 1 fully saturated rings. The topological polar surface area (TPSA) is 67.4 Å². The number of amides is 1. The van der Waals surface area contributed by atoms with Crippen LogP contribution in [0.4, 0.5) is 0 Å². The maximum atomic E-state index is 12.1. The molecule has 2 unspecified atom stereocenters. The largest absolute Gasteiger partial charge is 0.467 e. The zero-order valence-corrected chi connectivity index (χ0v) is 11.5. The molecule has 0 spiro atoms. The summed E-state index contributed by atoms with van der Waals surface area (Å²) in [5.74, 6) is -0.274. The molecule has 0 aliphatic carbocycles. The Kier molecular flexibility index (Phi) is 6.12. The van der Waals surface area contributed by atoms with Gasteiger partial charge in [-0.25, -0.2) is 4.79 Å². The molecule has 18 heavy (non-hydrogen) atoms. The fourth-order valence-electron chi connectivity index (χ4n) is 2.15. The third-order valence-electron chi connectivity index (χ3n) is 3.68. The highest BCUT2D eigenvalue weighted by molar-refractivity contribution is 5.86. The number of carbonyl (C=O) groups is 2. The standard InChI is InChI=1S/C13H24N2O3/c1-4-9(2)11(13(17)18-3)15-12(16)10-5-7-14-8-6-10/h9-11,14H,4-8H2,1-3H3,(H,15,16). The minimum Gasteiger partial charge on any atom is -0.467 e. The number of esters is 1. The molecule has 5 nitrogen and oxygen atoms in total. The zero-order valence-electron chi connectivity index (χ0n) is 11.5. The summed E-state index contributed by atoms with van der Waals surface area (Å²) in [7, 11) is 1.36. The zero-order chi connectivity index (χ0) is 13.5. The second-order valence-corrected chi connectivity index (χ2v) is 4.92. The van der Waals surface area contributed by atoms with Crippen LogP contribution in [0.3, 0.4) is 0 Å². The van der Waals surface area contributed by atoms with Crippen molar-refractivity contribution in [3.63, 3.8) is 0 Å². The lowest BCUT2D eigenvalue weighted by molar-refractivity contribution is -0.147. The highest BCUT2D eigenvalue weighted by Crippen LogP contribution is 2.14. The molecule has 1 heterocycles. The Bertz CT molecular complexity index is 288. The normalized spacial score (nSPS) is 19.9. The smallest absolute Gasteiger partial charge is 0.328 e. The molecule has 1 amide bonds. The summed E-state index contributed by atoms with van der Waals surface area (Å²) in [6.07, 6.45) is 2.49. The van der Waals surface area contributed by atoms with Gasteiger partial charge in [-0.3, -0.25) is 4.79 Å². The fourth-order valence-corrected chi connectivity index (χ4v) is 2.15. The highest BCUT2D eigenvalue weighted by atomic mass is 16.5. The van der Waals surface area contributed by atoms with Crippen molar-refractivity contribution in [2.24, 2.45) is 11.8 Å². The Hall–Kier alpha value is -1.10. The van der Waals surface area contributed by atoms with E-state index in [2.05, 4.69) is 10.6 Å². The average Bonchev–Trinajstić information content (AvgIpc) is 2.43. The number of rotatable bonds is 5. The van der Waals surface area contributed by atoms with Crippen LogP contribution in [0.15, 0.2) is 0 Å². The number of methoxy groups -OCH3 is 1. The Morgan fingerprint density at radius 3 is 2.50 bits per heavy atom. The molecule has 0 bridgehead atoms. The van der Waals surface area contributed by atoms with E-state index in [4.69, 9.17) is 4.74 Å². The van der Waals surface area contributed by atoms with Crippen LogP contribution in [-0.4, -0.2) is 38.1 Å². The SMILES string of the molecule is CCC(C)C(NC(=O)C1CCNCC1)C(=O)OC. The number of carbonyl (C=O) groups excluding carboxylic acids is 2. The molecule has 5 heteroatoms. The van der Waals surface area contributed by atoms with E-state index in [0.29, 0.717) is 0 Å². The first-order valence-electron chi connectivity index (χ1n) is 6.69. The van der Waals surface area contributed by atoms with Gasteiger partial charge < -0.3 is 15.4 Å². The molecule has 2 atom stereocenters. The van der Waals surface area contributed by atoms with Crippen molar-refractivity contribution in [2.75, 3.05) is 20.2 Å². The van der Waals surface area contributed by atoms with Gasteiger partial charge >= 0.3 is 5.97 Å². The first-order chi connectivity index (χ1) is 8.60. The van der Waals surface area contributed by atoms with Crippen LogP contribution in [0.25, 0.3) is 0 Å². The van der Waals surface area contributed by atoms with E-state index in [1.165, 1.54) is 7.11 Å². The van der Waals surface area contributed by atoms with E-state index in [1.807, 2.05) is 13.8 Å². The second-order valence-electron chi connectivity index (χ2n) is 4.92. The van der Waals surface area contributed by atoms with Crippen molar-refractivity contribution < 1.29 is 14.3 Å². The van der Waals surface area contributed by atoms with Crippen molar-refractivity contribution in [2.45, 2.75) is 39.2 Å². The van der Waals surface area contributed by atoms with Crippen molar-refractivity contribution in [1.82, 2.24) is 10.6 Å². The summed E-state index contributed by atoms with van der Waals surface area (Å²) in [5.41, 5.74) is 0. The van der Waals surface area contributed by atoms with E-state index in [0.717, 1.165) is 32.4 Å². The summed E-state index contributed by atoms with van der Waals surface area (Å²) >= 11 is 0. The quantitative estimate of drug-likeness (QED) is 0.710. The molecule has 0 aromatic heterocycles. The first-order valence-corrected chi connectivity index (χ1v) is 6.69. The van der Waals surface area contributed by atoms with Crippen LogP contribution in [0, 0.1) is 11.8 Å². The van der Waals surface area contributed by atoms with E-state index in [-0.39, 0.29) is 23.7 Å². The van der Waals surface area contributed by atoms with E-state index >= 15 is 0 Å². The third kappa shape index (κ3) is 3.98. The van der Waals surface area contributed by atoms with Gasteiger partial charge in [0.05, 0.1) is 7.11 Å². The van der Waals surface area contributed by atoms with Crippen LogP contribution in [0.5, 0.6) is 0 Å². The molecule has 1 saturated heterocycles. The van der Waals surface area contributed by atoms with Gasteiger partial charge in [-0.05, 0) is 31.8 Å². The molecular weight excluding hydrogens is 232 g/mol. The van der Waals surface area contributed by atoms with Crippen molar-refractivity contribution in [3.05, 3.63) is 0 Å². The number of hydrogen-bond donors (Lipinski definition) is 2. The van der Waals surface area contributed by atoms with Gasteiger partial charge in [-0.1, -0.05) is 20.3 Å². The van der Waals surface area contributed by atoms with Gasteiger partial charge in [-0.2, -0.15) is 0 Å². The average molecular weight is 256 g/mol. The molecule has 0 aromatic carbocycles. The summed E-state index contributed by atoms with van der Waals surface area (Å²) < 4.78 is 4.76. The second kappa shape index (κ2) is 7.36. The number of nitrogens with one attached hydrogen (secondary N) is 2. The van der Waals surface area contributed by atoms with Crippen molar-refractivity contribution in [3.8, 4) is 0 Å². The van der Waals surface area contributed by atoms with Crippen LogP contribution in [0.1, 0.15) is 33.1 Å². The third-order valence-corrected chi connectivity index (χ3v) is 3.68. The summed E-state index contributed by atoms with van der Waals surface area (Å²) in [6.45, 7) is 5.68. The molecular formula is C13H24N2O3. The molecule has 2 N–H and O–H groups in total. The summed E-state index contributed by atoms with van der Waals surface area (Å²) in [4.78, 5) is 23.8. The lowest BCUT2D eigenvalue weighted by atomic mass is 9.94. The fraction of sp³-hybridized carbons (Fsp3) is 0.846. The first kappa shape index (κ1) is 15.0. The van der Waals surface area contributed by atoms with Gasteiger partial charge in [-0.15, -0.1) is 0 Å². The number of piperidine rings is 1. The molecule has 0 radical (unpaired) electrons. The van der Waals surface area contributed by atoms with Gasteiger partial charge in [0.2, 0.25) is 5.91 Å². The van der Waals surface area contributed by atoms with Crippen molar-refractivity contribution in [1.29, 1.82) is 0 Å². The number of hydrogen-bond acceptors (Lipinski definition) is 4. The van der Waals surface area contributed by atoms with Gasteiger partial charge in [0.15, 0.2) is 0 Å². The molecule has 1 aliphatic heterocycles. The van der Waals surface area contributed by atoms with Crippen LogP contribution in [-0.2, 0) is 14.3 Å². The van der Waals surface area contributed by atoms with Gasteiger partial charge in [0.1, 0.15) is 6.04 Å². The predicted octanol–water partition coefficient (Wildman–Crippen LogP) is 0.690. The molecule has 0 aromatic rings. The molecule has 0 saturated carbocycles. The molecule has 104 valence electrons. The Morgan fingerprint density at radius 1 is 1.39 bits per heavy atom. The molecule has 1 aliphatic rings. The lowest BCUT2D eigenvalue weighted by Crippen LogP contribution is -2.49.